The van der Waals surface area contributed by atoms with Crippen LogP contribution >= 0.6 is 11.6 Å². The second kappa shape index (κ2) is 5.14. The first-order valence-electron chi connectivity index (χ1n) is 6.94. The van der Waals surface area contributed by atoms with Crippen LogP contribution in [-0.2, 0) is 0 Å². The molecule has 0 unspecified atom stereocenters. The van der Waals surface area contributed by atoms with Crippen molar-refractivity contribution in [2.75, 3.05) is 26.2 Å². The molecule has 2 fully saturated rings. The third-order valence-corrected chi connectivity index (χ3v) is 4.79. The number of piperidine rings is 1. The molecule has 3 rings (SSSR count). The number of rotatable bonds is 1. The summed E-state index contributed by atoms with van der Waals surface area (Å²) >= 11 is 5.85. The van der Waals surface area contributed by atoms with Gasteiger partial charge in [-0.15, -0.1) is 0 Å². The largest absolute Gasteiger partial charge is 0.339 e. The summed E-state index contributed by atoms with van der Waals surface area (Å²) in [5.41, 5.74) is 1.20. The maximum absolute atomic E-state index is 12.4. The van der Waals surface area contributed by atoms with Gasteiger partial charge in [-0.1, -0.05) is 11.6 Å². The maximum atomic E-state index is 12.4. The zero-order valence-electron chi connectivity index (χ0n) is 11.0. The van der Waals surface area contributed by atoms with Gasteiger partial charge in [0.25, 0.3) is 5.91 Å². The van der Waals surface area contributed by atoms with Crippen molar-refractivity contribution in [3.63, 3.8) is 0 Å². The van der Waals surface area contributed by atoms with Crippen LogP contribution in [0.1, 0.15) is 29.6 Å². The van der Waals surface area contributed by atoms with Gasteiger partial charge in [0.2, 0.25) is 0 Å². The van der Waals surface area contributed by atoms with E-state index in [1.807, 2.05) is 17.0 Å². The highest BCUT2D eigenvalue weighted by atomic mass is 35.5. The summed E-state index contributed by atoms with van der Waals surface area (Å²) in [6.07, 6.45) is 3.51. The molecule has 3 nitrogen and oxygen atoms in total. The lowest BCUT2D eigenvalue weighted by Gasteiger charge is -2.38. The average Bonchev–Trinajstić information content (AvgIpc) is 2.88. The van der Waals surface area contributed by atoms with Crippen LogP contribution in [0.15, 0.2) is 24.3 Å². The lowest BCUT2D eigenvalue weighted by atomic mass is 9.78. The number of amides is 1. The number of hydrogen-bond acceptors (Lipinski definition) is 2. The van der Waals surface area contributed by atoms with Crippen molar-refractivity contribution in [1.29, 1.82) is 0 Å². The van der Waals surface area contributed by atoms with Crippen molar-refractivity contribution in [3.05, 3.63) is 34.9 Å². The Hall–Kier alpha value is -1.06. The highest BCUT2D eigenvalue weighted by Gasteiger charge is 2.38. The zero-order valence-corrected chi connectivity index (χ0v) is 11.7. The molecule has 0 bridgehead atoms. The molecule has 2 aliphatic rings. The number of hydrogen-bond donors (Lipinski definition) is 1. The predicted octanol–water partition coefficient (Wildman–Crippen LogP) is 2.56. The van der Waals surface area contributed by atoms with E-state index in [4.69, 9.17) is 11.6 Å². The van der Waals surface area contributed by atoms with Gasteiger partial charge in [0.1, 0.15) is 0 Å². The summed E-state index contributed by atoms with van der Waals surface area (Å²) in [4.78, 5) is 14.4. The van der Waals surface area contributed by atoms with Crippen LogP contribution in [0.5, 0.6) is 0 Å². The quantitative estimate of drug-likeness (QED) is 0.856. The van der Waals surface area contributed by atoms with Crippen LogP contribution in [0.2, 0.25) is 5.02 Å². The minimum Gasteiger partial charge on any atom is -0.339 e. The monoisotopic (exact) mass is 278 g/mol. The molecule has 1 amide bonds. The molecule has 1 spiro atoms. The number of carbonyl (C=O) groups is 1. The Morgan fingerprint density at radius 1 is 1.16 bits per heavy atom. The average molecular weight is 279 g/mol. The standard InChI is InChI=1S/C15H19ClN2O/c16-13-3-1-12(2-4-13)14(19)18-9-6-15(7-10-18)5-8-17-11-15/h1-4,17H,5-11H2. The van der Waals surface area contributed by atoms with E-state index in [1.54, 1.807) is 12.1 Å². The molecule has 0 aliphatic carbocycles. The summed E-state index contributed by atoms with van der Waals surface area (Å²) in [7, 11) is 0. The molecule has 19 heavy (non-hydrogen) atoms. The zero-order chi connectivity index (χ0) is 13.3. The molecular weight excluding hydrogens is 260 g/mol. The molecule has 4 heteroatoms. The molecule has 0 radical (unpaired) electrons. The highest BCUT2D eigenvalue weighted by Crippen LogP contribution is 2.37. The number of benzene rings is 1. The predicted molar refractivity (Wildman–Crippen MR) is 76.5 cm³/mol. The molecule has 0 saturated carbocycles. The highest BCUT2D eigenvalue weighted by molar-refractivity contribution is 6.30. The summed E-state index contributed by atoms with van der Waals surface area (Å²) < 4.78 is 0. The van der Waals surface area contributed by atoms with E-state index in [2.05, 4.69) is 5.32 Å². The lowest BCUT2D eigenvalue weighted by molar-refractivity contribution is 0.0607. The molecular formula is C15H19ClN2O. The van der Waals surface area contributed by atoms with Crippen LogP contribution in [0.25, 0.3) is 0 Å². The van der Waals surface area contributed by atoms with Gasteiger partial charge in [0, 0.05) is 30.2 Å². The molecule has 2 saturated heterocycles. The minimum atomic E-state index is 0.137. The van der Waals surface area contributed by atoms with E-state index in [1.165, 1.54) is 6.42 Å². The summed E-state index contributed by atoms with van der Waals surface area (Å²) in [6.45, 7) is 4.01. The van der Waals surface area contributed by atoms with Gasteiger partial charge >= 0.3 is 0 Å². The second-order valence-corrected chi connectivity index (χ2v) is 6.16. The van der Waals surface area contributed by atoms with E-state index >= 15 is 0 Å². The topological polar surface area (TPSA) is 32.3 Å². The van der Waals surface area contributed by atoms with Crippen molar-refractivity contribution in [2.24, 2.45) is 5.41 Å². The van der Waals surface area contributed by atoms with Gasteiger partial charge in [-0.05, 0) is 55.5 Å². The summed E-state index contributed by atoms with van der Waals surface area (Å²) in [5, 5.41) is 4.12. The van der Waals surface area contributed by atoms with E-state index in [0.29, 0.717) is 10.4 Å². The Morgan fingerprint density at radius 3 is 2.42 bits per heavy atom. The number of nitrogens with zero attached hydrogens (tertiary/aromatic N) is 1. The van der Waals surface area contributed by atoms with Gasteiger partial charge in [-0.3, -0.25) is 4.79 Å². The van der Waals surface area contributed by atoms with Gasteiger partial charge in [0.15, 0.2) is 0 Å². The first-order chi connectivity index (χ1) is 9.19. The first kappa shape index (κ1) is 12.9. The van der Waals surface area contributed by atoms with E-state index in [-0.39, 0.29) is 5.91 Å². The van der Waals surface area contributed by atoms with Crippen molar-refractivity contribution < 1.29 is 4.79 Å². The Balaban J connectivity index is 1.64. The SMILES string of the molecule is O=C(c1ccc(Cl)cc1)N1CCC2(CCNC2)CC1. The van der Waals surface area contributed by atoms with Crippen LogP contribution in [-0.4, -0.2) is 37.0 Å². The lowest BCUT2D eigenvalue weighted by Crippen LogP contribution is -2.44. The molecule has 1 aromatic carbocycles. The van der Waals surface area contributed by atoms with Crippen molar-refractivity contribution in [3.8, 4) is 0 Å². The smallest absolute Gasteiger partial charge is 0.253 e. The number of nitrogens with one attached hydrogen (secondary N) is 1. The number of halogens is 1. The summed E-state index contributed by atoms with van der Waals surface area (Å²) in [6, 6.07) is 7.18. The van der Waals surface area contributed by atoms with Crippen LogP contribution in [0.4, 0.5) is 0 Å². The van der Waals surface area contributed by atoms with E-state index in [9.17, 15) is 4.79 Å². The normalized spacial score (nSPS) is 21.8. The minimum absolute atomic E-state index is 0.137. The molecule has 102 valence electrons. The first-order valence-corrected chi connectivity index (χ1v) is 7.32. The van der Waals surface area contributed by atoms with Gasteiger partial charge < -0.3 is 10.2 Å². The van der Waals surface area contributed by atoms with Crippen molar-refractivity contribution in [2.45, 2.75) is 19.3 Å². The molecule has 2 aliphatic heterocycles. The molecule has 0 atom stereocenters. The number of carbonyl (C=O) groups excluding carboxylic acids is 1. The molecule has 0 aromatic heterocycles. The van der Waals surface area contributed by atoms with Gasteiger partial charge in [0.05, 0.1) is 0 Å². The van der Waals surface area contributed by atoms with E-state index < -0.39 is 0 Å². The Morgan fingerprint density at radius 2 is 1.84 bits per heavy atom. The second-order valence-electron chi connectivity index (χ2n) is 5.73. The molecule has 1 aromatic rings. The number of likely N-dealkylation sites (tertiary alicyclic amines) is 1. The van der Waals surface area contributed by atoms with Crippen molar-refractivity contribution >= 4 is 17.5 Å². The Bertz CT molecular complexity index is 456. The third kappa shape index (κ3) is 2.63. The van der Waals surface area contributed by atoms with Crippen LogP contribution in [0, 0.1) is 5.41 Å². The molecule has 1 N–H and O–H groups in total. The fraction of sp³-hybridized carbons (Fsp3) is 0.533. The Kier molecular flexibility index (Phi) is 3.50. The Labute approximate surface area is 118 Å². The van der Waals surface area contributed by atoms with Gasteiger partial charge in [-0.2, -0.15) is 0 Å². The summed E-state index contributed by atoms with van der Waals surface area (Å²) in [5.74, 6) is 0.137. The maximum Gasteiger partial charge on any atom is 0.253 e. The van der Waals surface area contributed by atoms with E-state index in [0.717, 1.165) is 44.6 Å². The van der Waals surface area contributed by atoms with Gasteiger partial charge in [-0.25, -0.2) is 0 Å². The fourth-order valence-corrected chi connectivity index (χ4v) is 3.31. The molecule has 2 heterocycles. The van der Waals surface area contributed by atoms with Crippen LogP contribution in [0.3, 0.4) is 0 Å². The van der Waals surface area contributed by atoms with Crippen LogP contribution < -0.4 is 5.32 Å². The third-order valence-electron chi connectivity index (χ3n) is 4.53. The fourth-order valence-electron chi connectivity index (χ4n) is 3.18. The van der Waals surface area contributed by atoms with Crippen molar-refractivity contribution in [1.82, 2.24) is 10.2 Å².